The molecule has 0 aliphatic carbocycles. The minimum absolute atomic E-state index is 0. The molecule has 0 unspecified atom stereocenters. The molecule has 14 heteroatoms. The van der Waals surface area contributed by atoms with Crippen molar-refractivity contribution in [2.24, 2.45) is 0 Å². The SMILES string of the molecule is F[P-](F)(F)(F)(F)F.O=C(/C=C/c1ccccc1)c1ccccc1[O-].[Ru+2].c1cnc2c(c1)ccc1cccnc12.c1cnc2c(c1)ccc1cccnc12. The van der Waals surface area contributed by atoms with Gasteiger partial charge in [0.05, 0.1) is 22.1 Å². The number of aromatic nitrogens is 4. The Hall–Kier alpha value is -5.64. The Morgan fingerprint density at radius 3 is 1.19 bits per heavy atom. The standard InChI is InChI=1S/C15H12O2.2C12H8N2.F6P.Ru/c16-14-9-5-4-8-13(14)15(17)11-10-12-6-2-1-3-7-12;2*1-3-9-5-6-10-4-2-8-14-12(10)11(9)13-7-1;1-7(2,3,4,5)6;/h1-11,16H;2*1-8H;;/q;;;-1;+2/p-1/b11-10+;;;;. The van der Waals surface area contributed by atoms with Gasteiger partial charge in [0.15, 0.2) is 5.78 Å². The molecular weight excluding hydrogens is 802 g/mol. The van der Waals surface area contributed by atoms with Crippen molar-refractivity contribution in [3.8, 4) is 5.75 Å². The predicted molar refractivity (Wildman–Crippen MR) is 193 cm³/mol. The van der Waals surface area contributed by atoms with Crippen molar-refractivity contribution in [2.75, 3.05) is 0 Å². The number of nitrogens with zero attached hydrogens (tertiary/aromatic N) is 4. The van der Waals surface area contributed by atoms with E-state index in [0.717, 1.165) is 49.2 Å². The zero-order valence-corrected chi connectivity index (χ0v) is 29.9. The maximum Gasteiger partial charge on any atom is 2.00 e. The molecule has 0 spiro atoms. The number of rotatable bonds is 3. The Bertz CT molecular complexity index is 2290. The van der Waals surface area contributed by atoms with E-state index in [1.807, 2.05) is 54.6 Å². The van der Waals surface area contributed by atoms with Crippen LogP contribution in [0, 0.1) is 0 Å². The van der Waals surface area contributed by atoms with E-state index in [2.05, 4.69) is 68.5 Å². The molecule has 8 rings (SSSR count). The molecule has 0 aliphatic rings. The molecule has 53 heavy (non-hydrogen) atoms. The van der Waals surface area contributed by atoms with E-state index in [0.29, 0.717) is 0 Å². The predicted octanol–water partition coefficient (Wildman–Crippen LogP) is 11.6. The summed E-state index contributed by atoms with van der Waals surface area (Å²) in [6.07, 6.45) is 10.3. The van der Waals surface area contributed by atoms with Crippen molar-refractivity contribution < 1.29 is 54.6 Å². The third-order valence-corrected chi connectivity index (χ3v) is 7.07. The van der Waals surface area contributed by atoms with Crippen molar-refractivity contribution in [3.63, 3.8) is 0 Å². The number of benzene rings is 4. The molecule has 270 valence electrons. The van der Waals surface area contributed by atoms with Gasteiger partial charge in [0.25, 0.3) is 0 Å². The Kier molecular flexibility index (Phi) is 12.4. The van der Waals surface area contributed by atoms with Crippen molar-refractivity contribution in [1.29, 1.82) is 0 Å². The number of fused-ring (bicyclic) bond motifs is 6. The Morgan fingerprint density at radius 1 is 0.491 bits per heavy atom. The molecule has 0 aliphatic heterocycles. The van der Waals surface area contributed by atoms with Gasteiger partial charge in [0, 0.05) is 51.9 Å². The van der Waals surface area contributed by atoms with Gasteiger partial charge in [0.1, 0.15) is 0 Å². The maximum absolute atomic E-state index is 11.8. The van der Waals surface area contributed by atoms with E-state index in [9.17, 15) is 35.1 Å². The van der Waals surface area contributed by atoms with Gasteiger partial charge in [-0.2, -0.15) is 0 Å². The monoisotopic (exact) mass is 830 g/mol. The maximum atomic E-state index is 11.8. The molecule has 4 heterocycles. The van der Waals surface area contributed by atoms with E-state index in [1.54, 1.807) is 49.1 Å². The largest absolute Gasteiger partial charge is 2.00 e. The first-order valence-corrected chi connectivity index (χ1v) is 17.4. The molecule has 0 saturated heterocycles. The van der Waals surface area contributed by atoms with Crippen LogP contribution in [-0.4, -0.2) is 25.7 Å². The van der Waals surface area contributed by atoms with Crippen LogP contribution in [0.15, 0.2) is 158 Å². The number of carbonyl (C=O) groups is 1. The molecule has 0 saturated carbocycles. The Balaban J connectivity index is 0.000000163. The third kappa shape index (κ3) is 12.8. The number of hydrogen-bond donors (Lipinski definition) is 0. The molecule has 6 nitrogen and oxygen atoms in total. The van der Waals surface area contributed by atoms with Gasteiger partial charge in [-0.25, -0.2) is 0 Å². The second-order valence-corrected chi connectivity index (χ2v) is 12.9. The van der Waals surface area contributed by atoms with Crippen LogP contribution in [0.3, 0.4) is 0 Å². The normalized spacial score (nSPS) is 12.2. The van der Waals surface area contributed by atoms with Crippen LogP contribution >= 0.6 is 7.81 Å². The summed E-state index contributed by atoms with van der Waals surface area (Å²) in [6, 6.07) is 40.0. The average Bonchev–Trinajstić information content (AvgIpc) is 3.14. The summed E-state index contributed by atoms with van der Waals surface area (Å²) in [5, 5.41) is 16.0. The molecule has 0 atom stereocenters. The summed E-state index contributed by atoms with van der Waals surface area (Å²) in [4.78, 5) is 29.1. The summed E-state index contributed by atoms with van der Waals surface area (Å²) in [6.45, 7) is 0. The summed E-state index contributed by atoms with van der Waals surface area (Å²) in [7, 11) is -10.7. The molecule has 0 fully saturated rings. The van der Waals surface area contributed by atoms with Crippen LogP contribution < -0.4 is 5.11 Å². The molecular formula is C39H27F6N4O2PRu. The number of ketones is 1. The molecule has 4 aromatic heterocycles. The van der Waals surface area contributed by atoms with Crippen molar-refractivity contribution >= 4 is 63.3 Å². The van der Waals surface area contributed by atoms with Crippen LogP contribution in [0.2, 0.25) is 0 Å². The summed E-state index contributed by atoms with van der Waals surface area (Å²) in [5.74, 6) is -0.505. The molecule has 0 amide bonds. The quantitative estimate of drug-likeness (QED) is 0.0440. The molecule has 8 aromatic rings. The number of halogens is 6. The van der Waals surface area contributed by atoms with Gasteiger partial charge in [-0.1, -0.05) is 115 Å². The van der Waals surface area contributed by atoms with Crippen molar-refractivity contribution in [1.82, 2.24) is 19.9 Å². The first-order chi connectivity index (χ1) is 24.6. The summed E-state index contributed by atoms with van der Waals surface area (Å²) >= 11 is 0. The average molecular weight is 830 g/mol. The minimum atomic E-state index is -10.7. The third-order valence-electron chi connectivity index (χ3n) is 7.07. The topological polar surface area (TPSA) is 91.7 Å². The molecule has 0 N–H and O–H groups in total. The van der Waals surface area contributed by atoms with Crippen molar-refractivity contribution in [3.05, 3.63) is 169 Å². The number of pyridine rings is 4. The summed E-state index contributed by atoms with van der Waals surface area (Å²) in [5.41, 5.74) is 5.05. The van der Waals surface area contributed by atoms with Crippen molar-refractivity contribution in [2.45, 2.75) is 0 Å². The second kappa shape index (κ2) is 16.4. The van der Waals surface area contributed by atoms with Gasteiger partial charge < -0.3 is 5.11 Å². The minimum Gasteiger partial charge on any atom is -0.872 e. The zero-order valence-electron chi connectivity index (χ0n) is 27.3. The van der Waals surface area contributed by atoms with E-state index >= 15 is 0 Å². The first kappa shape index (κ1) is 40.1. The molecule has 4 aromatic carbocycles. The van der Waals surface area contributed by atoms with Gasteiger partial charge in [-0.05, 0) is 35.9 Å². The zero-order chi connectivity index (χ0) is 37.3. The van der Waals surface area contributed by atoms with Crippen LogP contribution in [0.5, 0.6) is 5.75 Å². The van der Waals surface area contributed by atoms with Gasteiger partial charge >= 0.3 is 52.5 Å². The fourth-order valence-corrected chi connectivity index (χ4v) is 4.86. The fourth-order valence-electron chi connectivity index (χ4n) is 4.86. The van der Waals surface area contributed by atoms with E-state index < -0.39 is 7.81 Å². The summed E-state index contributed by atoms with van der Waals surface area (Å²) < 4.78 is 59.2. The Morgan fingerprint density at radius 2 is 0.830 bits per heavy atom. The van der Waals surface area contributed by atoms with Gasteiger partial charge in [0.2, 0.25) is 0 Å². The Labute approximate surface area is 311 Å². The van der Waals surface area contributed by atoms with Gasteiger partial charge in [-0.15, -0.1) is 0 Å². The molecule has 0 bridgehead atoms. The number of para-hydroxylation sites is 1. The van der Waals surface area contributed by atoms with Crippen LogP contribution in [0.4, 0.5) is 25.2 Å². The number of hydrogen-bond acceptors (Lipinski definition) is 6. The number of allylic oxidation sites excluding steroid dienone is 1. The van der Waals surface area contributed by atoms with Gasteiger partial charge in [-0.3, -0.25) is 24.7 Å². The van der Waals surface area contributed by atoms with E-state index in [4.69, 9.17) is 0 Å². The number of carbonyl (C=O) groups excluding carboxylic acids is 1. The fraction of sp³-hybridized carbons (Fsp3) is 0. The van der Waals surface area contributed by atoms with Crippen LogP contribution in [-0.2, 0) is 19.5 Å². The first-order valence-electron chi connectivity index (χ1n) is 15.4. The molecule has 0 radical (unpaired) electrons. The smallest absolute Gasteiger partial charge is 0.872 e. The second-order valence-electron chi connectivity index (χ2n) is 11.0. The van der Waals surface area contributed by atoms with Crippen LogP contribution in [0.1, 0.15) is 15.9 Å². The van der Waals surface area contributed by atoms with E-state index in [-0.39, 0.29) is 36.6 Å². The van der Waals surface area contributed by atoms with Crippen LogP contribution in [0.25, 0.3) is 49.7 Å². The van der Waals surface area contributed by atoms with E-state index in [1.165, 1.54) is 12.1 Å².